The van der Waals surface area contributed by atoms with E-state index in [1.54, 1.807) is 32.4 Å². The Morgan fingerprint density at radius 1 is 1.47 bits per heavy atom. The molecule has 1 fully saturated rings. The number of hydrogen-bond donors (Lipinski definition) is 3. The van der Waals surface area contributed by atoms with Crippen molar-refractivity contribution in [3.63, 3.8) is 0 Å². The van der Waals surface area contributed by atoms with Crippen molar-refractivity contribution in [3.8, 4) is 0 Å². The molecule has 1 aromatic rings. The fourth-order valence-corrected chi connectivity index (χ4v) is 2.32. The molecular formula is C14H21N3O2. The van der Waals surface area contributed by atoms with E-state index in [1.165, 1.54) is 6.42 Å². The van der Waals surface area contributed by atoms with E-state index in [9.17, 15) is 4.79 Å². The van der Waals surface area contributed by atoms with Crippen LogP contribution in [-0.4, -0.2) is 32.2 Å². The first-order valence-electron chi connectivity index (χ1n) is 6.51. The van der Waals surface area contributed by atoms with E-state index in [2.05, 4.69) is 10.6 Å². The van der Waals surface area contributed by atoms with Crippen molar-refractivity contribution in [2.24, 2.45) is 0 Å². The SMILES string of the molecule is CNC(=O)c1ccc(N)cc1NCC1(OC)CCC1. The molecule has 1 amide bonds. The predicted octanol–water partition coefficient (Wildman–Crippen LogP) is 1.61. The fraction of sp³-hybridized carbons (Fsp3) is 0.500. The van der Waals surface area contributed by atoms with Crippen molar-refractivity contribution in [1.82, 2.24) is 5.32 Å². The van der Waals surface area contributed by atoms with Gasteiger partial charge in [0, 0.05) is 32.1 Å². The summed E-state index contributed by atoms with van der Waals surface area (Å²) in [5.41, 5.74) is 7.68. The van der Waals surface area contributed by atoms with Gasteiger partial charge in [-0.05, 0) is 37.5 Å². The van der Waals surface area contributed by atoms with Crippen LogP contribution in [0, 0.1) is 0 Å². The Morgan fingerprint density at radius 2 is 2.21 bits per heavy atom. The zero-order valence-corrected chi connectivity index (χ0v) is 11.5. The van der Waals surface area contributed by atoms with Gasteiger partial charge < -0.3 is 21.1 Å². The summed E-state index contributed by atoms with van der Waals surface area (Å²) < 4.78 is 5.56. The third-order valence-electron chi connectivity index (χ3n) is 3.81. The Kier molecular flexibility index (Phi) is 3.95. The minimum atomic E-state index is -0.123. The largest absolute Gasteiger partial charge is 0.399 e. The summed E-state index contributed by atoms with van der Waals surface area (Å²) in [7, 11) is 3.35. The second kappa shape index (κ2) is 5.48. The van der Waals surface area contributed by atoms with Gasteiger partial charge >= 0.3 is 0 Å². The van der Waals surface area contributed by atoms with Gasteiger partial charge in [-0.1, -0.05) is 0 Å². The third-order valence-corrected chi connectivity index (χ3v) is 3.81. The topological polar surface area (TPSA) is 76.4 Å². The van der Waals surface area contributed by atoms with E-state index in [0.29, 0.717) is 17.8 Å². The lowest BCUT2D eigenvalue weighted by atomic mass is 9.80. The molecule has 5 nitrogen and oxygen atoms in total. The number of ether oxygens (including phenoxy) is 1. The summed E-state index contributed by atoms with van der Waals surface area (Å²) in [6, 6.07) is 5.24. The van der Waals surface area contributed by atoms with Gasteiger partial charge in [-0.2, -0.15) is 0 Å². The van der Waals surface area contributed by atoms with Crippen molar-refractivity contribution < 1.29 is 9.53 Å². The van der Waals surface area contributed by atoms with Gasteiger partial charge in [-0.15, -0.1) is 0 Å². The molecule has 0 unspecified atom stereocenters. The lowest BCUT2D eigenvalue weighted by Crippen LogP contribution is -2.45. The standard InChI is InChI=1S/C14H21N3O2/c1-16-13(18)11-5-4-10(15)8-12(11)17-9-14(19-2)6-3-7-14/h4-5,8,17H,3,6-7,9,15H2,1-2H3,(H,16,18). The summed E-state index contributed by atoms with van der Waals surface area (Å²) in [5, 5.41) is 5.93. The van der Waals surface area contributed by atoms with E-state index in [-0.39, 0.29) is 11.5 Å². The molecule has 0 saturated heterocycles. The number of amides is 1. The first-order valence-corrected chi connectivity index (χ1v) is 6.51. The fourth-order valence-electron chi connectivity index (χ4n) is 2.32. The van der Waals surface area contributed by atoms with Gasteiger partial charge in [-0.25, -0.2) is 0 Å². The molecule has 0 spiro atoms. The molecule has 2 rings (SSSR count). The second-order valence-electron chi connectivity index (χ2n) is 4.98. The summed E-state index contributed by atoms with van der Waals surface area (Å²) in [5.74, 6) is -0.123. The molecule has 19 heavy (non-hydrogen) atoms. The normalized spacial score (nSPS) is 16.5. The van der Waals surface area contributed by atoms with Crippen LogP contribution in [0.3, 0.4) is 0 Å². The van der Waals surface area contributed by atoms with Crippen molar-refractivity contribution in [2.45, 2.75) is 24.9 Å². The average molecular weight is 263 g/mol. The van der Waals surface area contributed by atoms with E-state index in [0.717, 1.165) is 18.5 Å². The van der Waals surface area contributed by atoms with Crippen LogP contribution >= 0.6 is 0 Å². The molecule has 0 heterocycles. The zero-order valence-electron chi connectivity index (χ0n) is 11.5. The van der Waals surface area contributed by atoms with Crippen molar-refractivity contribution >= 4 is 17.3 Å². The molecule has 1 saturated carbocycles. The number of carbonyl (C=O) groups excluding carboxylic acids is 1. The maximum absolute atomic E-state index is 11.8. The first-order chi connectivity index (χ1) is 9.10. The highest BCUT2D eigenvalue weighted by Gasteiger charge is 2.36. The van der Waals surface area contributed by atoms with Crippen LogP contribution in [0.2, 0.25) is 0 Å². The molecule has 0 aliphatic heterocycles. The number of nitrogens with one attached hydrogen (secondary N) is 2. The van der Waals surface area contributed by atoms with E-state index < -0.39 is 0 Å². The Morgan fingerprint density at radius 3 is 2.74 bits per heavy atom. The molecule has 0 bridgehead atoms. The molecule has 0 aromatic heterocycles. The molecule has 1 aromatic carbocycles. The van der Waals surface area contributed by atoms with Crippen LogP contribution in [0.15, 0.2) is 18.2 Å². The number of benzene rings is 1. The minimum absolute atomic E-state index is 0.0927. The summed E-state index contributed by atoms with van der Waals surface area (Å²) in [6.45, 7) is 0.691. The average Bonchev–Trinajstić information content (AvgIpc) is 2.37. The van der Waals surface area contributed by atoms with Crippen LogP contribution < -0.4 is 16.4 Å². The summed E-state index contributed by atoms with van der Waals surface area (Å²) >= 11 is 0. The third kappa shape index (κ3) is 2.81. The smallest absolute Gasteiger partial charge is 0.253 e. The summed E-state index contributed by atoms with van der Waals surface area (Å²) in [4.78, 5) is 11.8. The van der Waals surface area contributed by atoms with E-state index >= 15 is 0 Å². The number of rotatable bonds is 5. The Hall–Kier alpha value is -1.75. The molecule has 5 heteroatoms. The number of hydrogen-bond acceptors (Lipinski definition) is 4. The monoisotopic (exact) mass is 263 g/mol. The predicted molar refractivity (Wildman–Crippen MR) is 76.3 cm³/mol. The highest BCUT2D eigenvalue weighted by Crippen LogP contribution is 2.35. The Bertz CT molecular complexity index is 464. The van der Waals surface area contributed by atoms with Gasteiger partial charge in [0.25, 0.3) is 5.91 Å². The van der Waals surface area contributed by atoms with Crippen molar-refractivity contribution in [3.05, 3.63) is 23.8 Å². The Labute approximate surface area is 113 Å². The van der Waals surface area contributed by atoms with Gasteiger partial charge in [-0.3, -0.25) is 4.79 Å². The van der Waals surface area contributed by atoms with Gasteiger partial charge in [0.1, 0.15) is 0 Å². The quantitative estimate of drug-likeness (QED) is 0.705. The van der Waals surface area contributed by atoms with Gasteiger partial charge in [0.2, 0.25) is 0 Å². The molecule has 1 aliphatic rings. The van der Waals surface area contributed by atoms with Crippen LogP contribution in [0.4, 0.5) is 11.4 Å². The lowest BCUT2D eigenvalue weighted by molar-refractivity contribution is -0.0601. The van der Waals surface area contributed by atoms with Crippen LogP contribution in [0.5, 0.6) is 0 Å². The van der Waals surface area contributed by atoms with E-state index in [4.69, 9.17) is 10.5 Å². The first kappa shape index (κ1) is 13.7. The van der Waals surface area contributed by atoms with Crippen LogP contribution in [0.25, 0.3) is 0 Å². The van der Waals surface area contributed by atoms with Gasteiger partial charge in [0.05, 0.1) is 11.2 Å². The van der Waals surface area contributed by atoms with E-state index in [1.807, 2.05) is 0 Å². The molecule has 1 aliphatic carbocycles. The summed E-state index contributed by atoms with van der Waals surface area (Å²) in [6.07, 6.45) is 3.29. The van der Waals surface area contributed by atoms with Crippen molar-refractivity contribution in [2.75, 3.05) is 31.8 Å². The lowest BCUT2D eigenvalue weighted by Gasteiger charge is -2.40. The van der Waals surface area contributed by atoms with Gasteiger partial charge in [0.15, 0.2) is 0 Å². The number of carbonyl (C=O) groups is 1. The number of nitrogens with two attached hydrogens (primary N) is 1. The maximum Gasteiger partial charge on any atom is 0.253 e. The van der Waals surface area contributed by atoms with Crippen LogP contribution in [-0.2, 0) is 4.74 Å². The molecule has 104 valence electrons. The molecule has 0 radical (unpaired) electrons. The molecule has 4 N–H and O–H groups in total. The minimum Gasteiger partial charge on any atom is -0.399 e. The highest BCUT2D eigenvalue weighted by molar-refractivity contribution is 6.00. The highest BCUT2D eigenvalue weighted by atomic mass is 16.5. The second-order valence-corrected chi connectivity index (χ2v) is 4.98. The molecular weight excluding hydrogens is 242 g/mol. The Balaban J connectivity index is 2.14. The number of methoxy groups -OCH3 is 1. The number of anilines is 2. The van der Waals surface area contributed by atoms with Crippen LogP contribution in [0.1, 0.15) is 29.6 Å². The maximum atomic E-state index is 11.8. The van der Waals surface area contributed by atoms with Crippen molar-refractivity contribution in [1.29, 1.82) is 0 Å². The molecule has 0 atom stereocenters. The number of nitrogen functional groups attached to an aromatic ring is 1. The zero-order chi connectivity index (χ0) is 13.9.